The van der Waals surface area contributed by atoms with E-state index in [0.717, 1.165) is 0 Å². The molecule has 2 aromatic carbocycles. The van der Waals surface area contributed by atoms with E-state index in [1.54, 1.807) is 24.3 Å². The third kappa shape index (κ3) is 2.56. The van der Waals surface area contributed by atoms with Gasteiger partial charge in [0.05, 0.1) is 11.8 Å². The number of phenols is 2. The fourth-order valence-corrected chi connectivity index (χ4v) is 3.63. The number of primary amides is 1. The Morgan fingerprint density at radius 1 is 0.750 bits per heavy atom. The molecule has 6 heteroatoms. The van der Waals surface area contributed by atoms with Gasteiger partial charge in [-0.05, 0) is 35.4 Å². The average molecular weight is 327 g/mol. The molecule has 0 saturated heterocycles. The summed E-state index contributed by atoms with van der Waals surface area (Å²) in [5.41, 5.74) is 6.85. The van der Waals surface area contributed by atoms with Gasteiger partial charge < -0.3 is 21.1 Å². The molecule has 0 spiro atoms. The summed E-state index contributed by atoms with van der Waals surface area (Å²) in [6.45, 7) is 0. The quantitative estimate of drug-likeness (QED) is 0.682. The summed E-state index contributed by atoms with van der Waals surface area (Å²) in [4.78, 5) is 23.8. The van der Waals surface area contributed by atoms with Gasteiger partial charge in [0, 0.05) is 11.8 Å². The van der Waals surface area contributed by atoms with Crippen molar-refractivity contribution in [3.8, 4) is 11.5 Å². The molecule has 5 N–H and O–H groups in total. The van der Waals surface area contributed by atoms with Crippen LogP contribution in [0.4, 0.5) is 0 Å². The van der Waals surface area contributed by atoms with Crippen molar-refractivity contribution in [3.63, 3.8) is 0 Å². The van der Waals surface area contributed by atoms with Gasteiger partial charge in [0.2, 0.25) is 5.91 Å². The first-order valence-electron chi connectivity index (χ1n) is 7.50. The predicted molar refractivity (Wildman–Crippen MR) is 85.5 cm³/mol. The van der Waals surface area contributed by atoms with Crippen molar-refractivity contribution >= 4 is 11.9 Å². The van der Waals surface area contributed by atoms with Gasteiger partial charge in [-0.2, -0.15) is 0 Å². The largest absolute Gasteiger partial charge is 0.508 e. The standard InChI is InChI=1S/C18H17NO5/c19-17(22)15-13(9-1-5-11(20)6-2-9)16(18(23)24)14(15)10-3-7-12(21)8-4-10/h1-8,13-16,20-21H,(H2,19,22)(H,23,24). The molecule has 124 valence electrons. The number of aromatic hydroxyl groups is 2. The molecule has 2 atom stereocenters. The molecule has 0 heterocycles. The number of phenolic OH excluding ortho intramolecular Hbond substituents is 2. The summed E-state index contributed by atoms with van der Waals surface area (Å²) in [6.07, 6.45) is 0. The lowest BCUT2D eigenvalue weighted by Crippen LogP contribution is -2.52. The van der Waals surface area contributed by atoms with Crippen molar-refractivity contribution in [2.75, 3.05) is 0 Å². The highest BCUT2D eigenvalue weighted by Gasteiger charge is 2.57. The number of nitrogens with two attached hydrogens (primary N) is 1. The maximum absolute atomic E-state index is 12.0. The van der Waals surface area contributed by atoms with E-state index in [0.29, 0.717) is 11.1 Å². The first kappa shape index (κ1) is 15.9. The molecule has 2 unspecified atom stereocenters. The number of carbonyl (C=O) groups is 2. The lowest BCUT2D eigenvalue weighted by Gasteiger charge is -2.49. The zero-order valence-electron chi connectivity index (χ0n) is 12.7. The third-order valence-corrected chi connectivity index (χ3v) is 4.72. The normalized spacial score (nSPS) is 25.7. The Kier molecular flexibility index (Phi) is 3.89. The van der Waals surface area contributed by atoms with E-state index >= 15 is 0 Å². The minimum Gasteiger partial charge on any atom is -0.508 e. The Bertz CT molecular complexity index is 694. The van der Waals surface area contributed by atoms with Crippen molar-refractivity contribution in [1.29, 1.82) is 0 Å². The summed E-state index contributed by atoms with van der Waals surface area (Å²) < 4.78 is 0. The van der Waals surface area contributed by atoms with Crippen LogP contribution in [0.15, 0.2) is 48.5 Å². The number of carboxylic acids is 1. The number of rotatable bonds is 4. The van der Waals surface area contributed by atoms with Crippen molar-refractivity contribution in [3.05, 3.63) is 59.7 Å². The monoisotopic (exact) mass is 327 g/mol. The topological polar surface area (TPSA) is 121 Å². The van der Waals surface area contributed by atoms with Crippen LogP contribution in [0, 0.1) is 11.8 Å². The molecule has 0 bridgehead atoms. The second kappa shape index (κ2) is 5.88. The van der Waals surface area contributed by atoms with Crippen LogP contribution in [-0.2, 0) is 9.59 Å². The van der Waals surface area contributed by atoms with Crippen LogP contribution in [0.3, 0.4) is 0 Å². The SMILES string of the molecule is NC(=O)C1C(c2ccc(O)cc2)C(C(=O)O)C1c1ccc(O)cc1. The van der Waals surface area contributed by atoms with Crippen molar-refractivity contribution in [2.24, 2.45) is 17.6 Å². The van der Waals surface area contributed by atoms with Crippen molar-refractivity contribution < 1.29 is 24.9 Å². The molecule has 6 nitrogen and oxygen atoms in total. The van der Waals surface area contributed by atoms with Gasteiger partial charge in [-0.3, -0.25) is 9.59 Å². The van der Waals surface area contributed by atoms with Gasteiger partial charge in [0.1, 0.15) is 11.5 Å². The molecular weight excluding hydrogens is 310 g/mol. The lowest BCUT2D eigenvalue weighted by molar-refractivity contribution is -0.152. The number of hydrogen-bond acceptors (Lipinski definition) is 4. The van der Waals surface area contributed by atoms with Crippen LogP contribution in [0.5, 0.6) is 11.5 Å². The predicted octanol–water partition coefficient (Wildman–Crippen LogP) is 1.78. The average Bonchev–Trinajstić information content (AvgIpc) is 2.49. The molecule has 24 heavy (non-hydrogen) atoms. The Morgan fingerprint density at radius 3 is 1.42 bits per heavy atom. The van der Waals surface area contributed by atoms with Gasteiger partial charge in [-0.25, -0.2) is 0 Å². The summed E-state index contributed by atoms with van der Waals surface area (Å²) in [5, 5.41) is 28.5. The number of benzene rings is 2. The van der Waals surface area contributed by atoms with Crippen molar-refractivity contribution in [1.82, 2.24) is 0 Å². The minimum absolute atomic E-state index is 0.0654. The van der Waals surface area contributed by atoms with E-state index in [4.69, 9.17) is 5.73 Å². The maximum atomic E-state index is 12.0. The summed E-state index contributed by atoms with van der Waals surface area (Å²) in [7, 11) is 0. The van der Waals surface area contributed by atoms with Crippen LogP contribution in [0.2, 0.25) is 0 Å². The molecule has 1 aliphatic carbocycles. The third-order valence-electron chi connectivity index (χ3n) is 4.72. The Hall–Kier alpha value is -3.02. The zero-order chi connectivity index (χ0) is 17.4. The van der Waals surface area contributed by atoms with E-state index in [1.807, 2.05) is 0 Å². The molecule has 2 aromatic rings. The van der Waals surface area contributed by atoms with Crippen LogP contribution < -0.4 is 5.73 Å². The molecule has 0 aromatic heterocycles. The number of carboxylic acid groups (broad SMARTS) is 1. The number of amides is 1. The van der Waals surface area contributed by atoms with Crippen LogP contribution in [0.1, 0.15) is 23.0 Å². The van der Waals surface area contributed by atoms with Crippen molar-refractivity contribution in [2.45, 2.75) is 11.8 Å². The number of aliphatic carboxylic acids is 1. The van der Waals surface area contributed by atoms with E-state index in [9.17, 15) is 24.9 Å². The smallest absolute Gasteiger partial charge is 0.307 e. The van der Waals surface area contributed by atoms with E-state index in [2.05, 4.69) is 0 Å². The van der Waals surface area contributed by atoms with Gasteiger partial charge in [0.25, 0.3) is 0 Å². The molecule has 1 saturated carbocycles. The first-order chi connectivity index (χ1) is 11.4. The number of carbonyl (C=O) groups excluding carboxylic acids is 1. The van der Waals surface area contributed by atoms with E-state index in [-0.39, 0.29) is 11.5 Å². The van der Waals surface area contributed by atoms with Crippen LogP contribution in [0.25, 0.3) is 0 Å². The summed E-state index contributed by atoms with van der Waals surface area (Å²) in [5.74, 6) is -4.03. The van der Waals surface area contributed by atoms with E-state index in [1.165, 1.54) is 24.3 Å². The van der Waals surface area contributed by atoms with Gasteiger partial charge in [-0.1, -0.05) is 24.3 Å². The first-order valence-corrected chi connectivity index (χ1v) is 7.50. The van der Waals surface area contributed by atoms with Crippen LogP contribution >= 0.6 is 0 Å². The fraction of sp³-hybridized carbons (Fsp3) is 0.222. The Balaban J connectivity index is 2.03. The van der Waals surface area contributed by atoms with Crippen LogP contribution in [-0.4, -0.2) is 27.2 Å². The highest BCUT2D eigenvalue weighted by Crippen LogP contribution is 2.57. The zero-order valence-corrected chi connectivity index (χ0v) is 12.7. The van der Waals surface area contributed by atoms with Gasteiger partial charge >= 0.3 is 5.97 Å². The molecule has 0 radical (unpaired) electrons. The highest BCUT2D eigenvalue weighted by molar-refractivity contribution is 5.86. The molecule has 3 rings (SSSR count). The second-order valence-corrected chi connectivity index (χ2v) is 6.03. The van der Waals surface area contributed by atoms with Gasteiger partial charge in [0.15, 0.2) is 0 Å². The minimum atomic E-state index is -1.01. The molecule has 1 fully saturated rings. The fourth-order valence-electron chi connectivity index (χ4n) is 3.63. The highest BCUT2D eigenvalue weighted by atomic mass is 16.4. The second-order valence-electron chi connectivity index (χ2n) is 6.03. The molecular formula is C18H17NO5. The van der Waals surface area contributed by atoms with E-state index < -0.39 is 35.5 Å². The number of hydrogen-bond donors (Lipinski definition) is 4. The van der Waals surface area contributed by atoms with Gasteiger partial charge in [-0.15, -0.1) is 0 Å². The maximum Gasteiger partial charge on any atom is 0.307 e. The summed E-state index contributed by atoms with van der Waals surface area (Å²) in [6, 6.07) is 12.3. The Labute approximate surface area is 138 Å². The molecule has 0 aliphatic heterocycles. The Morgan fingerprint density at radius 2 is 1.12 bits per heavy atom. The lowest BCUT2D eigenvalue weighted by atomic mass is 9.52. The molecule has 1 aliphatic rings. The molecule has 1 amide bonds. The summed E-state index contributed by atoms with van der Waals surface area (Å²) >= 11 is 0.